The lowest BCUT2D eigenvalue weighted by Gasteiger charge is -2.34. The Morgan fingerprint density at radius 3 is 2.07 bits per heavy atom. The number of nitrogens with zero attached hydrogens (tertiary/aromatic N) is 3. The van der Waals surface area contributed by atoms with Gasteiger partial charge in [0.25, 0.3) is 5.69 Å². The van der Waals surface area contributed by atoms with E-state index in [2.05, 4.69) is 15.1 Å². The van der Waals surface area contributed by atoms with E-state index in [9.17, 15) is 19.7 Å². The summed E-state index contributed by atoms with van der Waals surface area (Å²) in [6.45, 7) is 5.82. The molecular weight excluding hydrogens is 408 g/mol. The van der Waals surface area contributed by atoms with Gasteiger partial charge >= 0.3 is 0 Å². The standard InChI is InChI=1S/C21H24N4O4.ClH/c1-16(26)22-19-6-4-18(5-7-19)21(27)15-24-12-10-23(11-13-24)14-17-2-8-20(9-3-17)25(28)29;/h2-9H,10-15H2,1H3,(H,22,26);1H. The van der Waals surface area contributed by atoms with Crippen molar-refractivity contribution in [3.63, 3.8) is 0 Å². The van der Waals surface area contributed by atoms with Gasteiger partial charge in [0.05, 0.1) is 11.5 Å². The minimum atomic E-state index is -0.396. The van der Waals surface area contributed by atoms with Crippen LogP contribution in [-0.2, 0) is 11.3 Å². The molecule has 9 heteroatoms. The van der Waals surface area contributed by atoms with Crippen molar-refractivity contribution in [3.05, 3.63) is 69.8 Å². The third-order valence-electron chi connectivity index (χ3n) is 4.91. The van der Waals surface area contributed by atoms with Crippen LogP contribution in [-0.4, -0.2) is 59.1 Å². The van der Waals surface area contributed by atoms with Gasteiger partial charge in [0.1, 0.15) is 0 Å². The zero-order valence-corrected chi connectivity index (χ0v) is 17.6. The number of rotatable bonds is 7. The van der Waals surface area contributed by atoms with Crippen LogP contribution >= 0.6 is 12.4 Å². The maximum absolute atomic E-state index is 12.5. The van der Waals surface area contributed by atoms with Crippen molar-refractivity contribution < 1.29 is 14.5 Å². The quantitative estimate of drug-likeness (QED) is 0.410. The first-order chi connectivity index (χ1) is 13.9. The molecule has 0 spiro atoms. The van der Waals surface area contributed by atoms with Gasteiger partial charge in [0.15, 0.2) is 5.78 Å². The molecule has 0 bridgehead atoms. The SMILES string of the molecule is CC(=O)Nc1ccc(C(=O)CN2CCN(Cc3ccc([N+](=O)[O-])cc3)CC2)cc1.Cl. The molecule has 1 saturated heterocycles. The number of nitrogens with one attached hydrogen (secondary N) is 1. The third-order valence-corrected chi connectivity index (χ3v) is 4.91. The van der Waals surface area contributed by atoms with Crippen LogP contribution in [0.5, 0.6) is 0 Å². The summed E-state index contributed by atoms with van der Waals surface area (Å²) >= 11 is 0. The van der Waals surface area contributed by atoms with Gasteiger partial charge in [-0.15, -0.1) is 12.4 Å². The van der Waals surface area contributed by atoms with Crippen LogP contribution in [0.25, 0.3) is 0 Å². The highest BCUT2D eigenvalue weighted by molar-refractivity contribution is 5.98. The van der Waals surface area contributed by atoms with E-state index >= 15 is 0 Å². The summed E-state index contributed by atoms with van der Waals surface area (Å²) in [6.07, 6.45) is 0. The predicted octanol–water partition coefficient (Wildman–Crippen LogP) is 2.98. The molecule has 1 N–H and O–H groups in total. The molecule has 8 nitrogen and oxygen atoms in total. The van der Waals surface area contributed by atoms with Gasteiger partial charge in [-0.2, -0.15) is 0 Å². The molecule has 0 saturated carbocycles. The average molecular weight is 433 g/mol. The van der Waals surface area contributed by atoms with E-state index in [1.54, 1.807) is 36.4 Å². The van der Waals surface area contributed by atoms with Crippen LogP contribution < -0.4 is 5.32 Å². The van der Waals surface area contributed by atoms with E-state index in [1.165, 1.54) is 19.1 Å². The number of carbonyl (C=O) groups is 2. The molecule has 3 rings (SSSR count). The first kappa shape index (κ1) is 23.5. The van der Waals surface area contributed by atoms with Crippen LogP contribution in [0.3, 0.4) is 0 Å². The lowest BCUT2D eigenvalue weighted by Crippen LogP contribution is -2.47. The summed E-state index contributed by atoms with van der Waals surface area (Å²) in [4.78, 5) is 38.3. The fourth-order valence-corrected chi connectivity index (χ4v) is 3.32. The van der Waals surface area contributed by atoms with Gasteiger partial charge in [-0.3, -0.25) is 29.5 Å². The van der Waals surface area contributed by atoms with E-state index in [4.69, 9.17) is 0 Å². The molecule has 160 valence electrons. The van der Waals surface area contributed by atoms with E-state index in [0.717, 1.165) is 38.3 Å². The number of anilines is 1. The Bertz CT molecular complexity index is 879. The molecule has 1 amide bonds. The maximum atomic E-state index is 12.5. The van der Waals surface area contributed by atoms with Crippen molar-refractivity contribution in [1.82, 2.24) is 9.80 Å². The second-order valence-electron chi connectivity index (χ2n) is 7.16. The molecule has 1 aliphatic rings. The van der Waals surface area contributed by atoms with Crippen molar-refractivity contribution in [2.75, 3.05) is 38.0 Å². The number of benzene rings is 2. The van der Waals surface area contributed by atoms with Crippen molar-refractivity contribution >= 4 is 35.5 Å². The van der Waals surface area contributed by atoms with E-state index < -0.39 is 4.92 Å². The lowest BCUT2D eigenvalue weighted by molar-refractivity contribution is -0.384. The molecule has 0 aliphatic carbocycles. The molecule has 0 atom stereocenters. The average Bonchev–Trinajstić information content (AvgIpc) is 2.70. The molecule has 1 heterocycles. The van der Waals surface area contributed by atoms with Gasteiger partial charge in [0, 0.05) is 63.0 Å². The largest absolute Gasteiger partial charge is 0.326 e. The van der Waals surface area contributed by atoms with Crippen LogP contribution in [0, 0.1) is 10.1 Å². The smallest absolute Gasteiger partial charge is 0.269 e. The number of carbonyl (C=O) groups excluding carboxylic acids is 2. The Kier molecular flexibility index (Phi) is 8.46. The zero-order chi connectivity index (χ0) is 20.8. The van der Waals surface area contributed by atoms with Gasteiger partial charge in [-0.25, -0.2) is 0 Å². The summed E-state index contributed by atoms with van der Waals surface area (Å²) in [5.74, 6) is -0.0844. The molecule has 0 radical (unpaired) electrons. The molecule has 0 unspecified atom stereocenters. The minimum Gasteiger partial charge on any atom is -0.326 e. The fraction of sp³-hybridized carbons (Fsp3) is 0.333. The number of Topliss-reactive ketones (excluding diaryl/α,β-unsaturated/α-hetero) is 1. The van der Waals surface area contributed by atoms with Crippen LogP contribution in [0.15, 0.2) is 48.5 Å². The summed E-state index contributed by atoms with van der Waals surface area (Å²) < 4.78 is 0. The molecular formula is C21H25ClN4O4. The van der Waals surface area contributed by atoms with E-state index in [0.29, 0.717) is 17.8 Å². The minimum absolute atomic E-state index is 0. The van der Waals surface area contributed by atoms with Gasteiger partial charge in [-0.1, -0.05) is 12.1 Å². The molecule has 2 aromatic carbocycles. The number of piperazine rings is 1. The number of hydrogen-bond acceptors (Lipinski definition) is 6. The summed E-state index contributed by atoms with van der Waals surface area (Å²) in [5.41, 5.74) is 2.45. The summed E-state index contributed by atoms with van der Waals surface area (Å²) in [7, 11) is 0. The zero-order valence-electron chi connectivity index (χ0n) is 16.7. The Hall–Kier alpha value is -2.81. The number of nitro groups is 1. The number of nitro benzene ring substituents is 1. The fourth-order valence-electron chi connectivity index (χ4n) is 3.32. The van der Waals surface area contributed by atoms with Crippen LogP contribution in [0.1, 0.15) is 22.8 Å². The highest BCUT2D eigenvalue weighted by atomic mass is 35.5. The Morgan fingerprint density at radius 2 is 1.53 bits per heavy atom. The third kappa shape index (κ3) is 6.62. The van der Waals surface area contributed by atoms with Crippen LogP contribution in [0.2, 0.25) is 0 Å². The highest BCUT2D eigenvalue weighted by Crippen LogP contribution is 2.15. The Balaban J connectivity index is 0.00000320. The monoisotopic (exact) mass is 432 g/mol. The lowest BCUT2D eigenvalue weighted by atomic mass is 10.1. The van der Waals surface area contributed by atoms with E-state index in [1.807, 2.05) is 0 Å². The Labute approximate surface area is 181 Å². The second-order valence-corrected chi connectivity index (χ2v) is 7.16. The normalized spacial score (nSPS) is 14.6. The number of non-ortho nitro benzene ring substituents is 1. The molecule has 30 heavy (non-hydrogen) atoms. The molecule has 1 fully saturated rings. The van der Waals surface area contributed by atoms with Crippen LogP contribution in [0.4, 0.5) is 11.4 Å². The predicted molar refractivity (Wildman–Crippen MR) is 117 cm³/mol. The summed E-state index contributed by atoms with van der Waals surface area (Å²) in [5, 5.41) is 13.4. The molecule has 1 aliphatic heterocycles. The van der Waals surface area contributed by atoms with Crippen molar-refractivity contribution in [2.24, 2.45) is 0 Å². The van der Waals surface area contributed by atoms with Gasteiger partial charge in [-0.05, 0) is 29.8 Å². The molecule has 0 aromatic heterocycles. The maximum Gasteiger partial charge on any atom is 0.269 e. The number of amides is 1. The first-order valence-electron chi connectivity index (χ1n) is 9.49. The Morgan fingerprint density at radius 1 is 0.967 bits per heavy atom. The van der Waals surface area contributed by atoms with Crippen molar-refractivity contribution in [3.8, 4) is 0 Å². The highest BCUT2D eigenvalue weighted by Gasteiger charge is 2.20. The number of hydrogen-bond donors (Lipinski definition) is 1. The van der Waals surface area contributed by atoms with Crippen molar-refractivity contribution in [2.45, 2.75) is 13.5 Å². The topological polar surface area (TPSA) is 95.8 Å². The summed E-state index contributed by atoms with van der Waals surface area (Å²) in [6, 6.07) is 13.6. The number of ketones is 1. The first-order valence-corrected chi connectivity index (χ1v) is 9.49. The molecule has 2 aromatic rings. The second kappa shape index (κ2) is 10.8. The van der Waals surface area contributed by atoms with Gasteiger partial charge < -0.3 is 5.32 Å². The number of halogens is 1. The van der Waals surface area contributed by atoms with Crippen molar-refractivity contribution in [1.29, 1.82) is 0 Å². The van der Waals surface area contributed by atoms with E-state index in [-0.39, 0.29) is 29.8 Å². The van der Waals surface area contributed by atoms with Gasteiger partial charge in [0.2, 0.25) is 5.91 Å².